The number of nitrogens with zero attached hydrogens (tertiary/aromatic N) is 2. The van der Waals surface area contributed by atoms with E-state index in [1.807, 2.05) is 0 Å². The molecule has 0 radical (unpaired) electrons. The number of nitro groups is 1. The molecule has 82 valence electrons. The minimum Gasteiger partial charge on any atom is -0.393 e. The average molecular weight is 275 g/mol. The molecule has 0 aliphatic heterocycles. The predicted octanol–water partition coefficient (Wildman–Crippen LogP) is 2.24. The smallest absolute Gasteiger partial charge is 0.292 e. The second kappa shape index (κ2) is 4.67. The van der Waals surface area contributed by atoms with Crippen molar-refractivity contribution in [2.75, 3.05) is 0 Å². The molecule has 5 nitrogen and oxygen atoms in total. The summed E-state index contributed by atoms with van der Waals surface area (Å²) >= 11 is 3.12. The van der Waals surface area contributed by atoms with E-state index in [2.05, 4.69) is 20.9 Å². The molecular formula is C9H11BrN2O3. The summed E-state index contributed by atoms with van der Waals surface area (Å²) in [5.41, 5.74) is 0.232. The van der Waals surface area contributed by atoms with Crippen LogP contribution in [0.25, 0.3) is 0 Å². The standard InChI is InChI=1S/C9H11BrN2O3/c1-5(6(2)13)9-8(12(14)15)3-7(10)4-11-9/h3-6,13H,1-2H3. The summed E-state index contributed by atoms with van der Waals surface area (Å²) in [6, 6.07) is 1.39. The molecular weight excluding hydrogens is 264 g/mol. The van der Waals surface area contributed by atoms with Gasteiger partial charge in [-0.05, 0) is 22.9 Å². The van der Waals surface area contributed by atoms with Gasteiger partial charge < -0.3 is 5.11 Å². The Morgan fingerprint density at radius 1 is 1.60 bits per heavy atom. The van der Waals surface area contributed by atoms with Crippen molar-refractivity contribution in [3.05, 3.63) is 32.5 Å². The molecule has 1 aromatic heterocycles. The molecule has 0 aromatic carbocycles. The van der Waals surface area contributed by atoms with Crippen molar-refractivity contribution in [2.24, 2.45) is 0 Å². The van der Waals surface area contributed by atoms with Crippen LogP contribution in [-0.2, 0) is 0 Å². The Morgan fingerprint density at radius 3 is 2.67 bits per heavy atom. The number of hydrogen-bond donors (Lipinski definition) is 1. The van der Waals surface area contributed by atoms with Gasteiger partial charge >= 0.3 is 0 Å². The lowest BCUT2D eigenvalue weighted by Crippen LogP contribution is -2.14. The Kier molecular flexibility index (Phi) is 3.76. The van der Waals surface area contributed by atoms with Crippen LogP contribution in [-0.4, -0.2) is 21.1 Å². The zero-order chi connectivity index (χ0) is 11.6. The molecule has 0 aliphatic rings. The van der Waals surface area contributed by atoms with E-state index in [-0.39, 0.29) is 11.6 Å². The molecule has 0 fully saturated rings. The van der Waals surface area contributed by atoms with Crippen LogP contribution in [0.5, 0.6) is 0 Å². The van der Waals surface area contributed by atoms with Gasteiger partial charge in [0.1, 0.15) is 5.69 Å². The second-order valence-electron chi connectivity index (χ2n) is 3.34. The summed E-state index contributed by atoms with van der Waals surface area (Å²) in [4.78, 5) is 14.2. The first-order valence-corrected chi connectivity index (χ1v) is 5.20. The summed E-state index contributed by atoms with van der Waals surface area (Å²) < 4.78 is 0.552. The fraction of sp³-hybridized carbons (Fsp3) is 0.444. The largest absolute Gasteiger partial charge is 0.393 e. The van der Waals surface area contributed by atoms with E-state index in [4.69, 9.17) is 0 Å². The van der Waals surface area contributed by atoms with Crippen molar-refractivity contribution in [1.29, 1.82) is 0 Å². The van der Waals surface area contributed by atoms with Crippen molar-refractivity contribution >= 4 is 21.6 Å². The van der Waals surface area contributed by atoms with Gasteiger partial charge in [0.25, 0.3) is 5.69 Å². The van der Waals surface area contributed by atoms with E-state index in [0.29, 0.717) is 10.2 Å². The zero-order valence-electron chi connectivity index (χ0n) is 8.35. The molecule has 1 heterocycles. The molecule has 1 rings (SSSR count). The van der Waals surface area contributed by atoms with E-state index >= 15 is 0 Å². The molecule has 15 heavy (non-hydrogen) atoms. The second-order valence-corrected chi connectivity index (χ2v) is 4.26. The highest BCUT2D eigenvalue weighted by atomic mass is 79.9. The Bertz CT molecular complexity index is 382. The summed E-state index contributed by atoms with van der Waals surface area (Å²) in [5.74, 6) is -0.363. The number of aliphatic hydroxyl groups is 1. The molecule has 2 unspecified atom stereocenters. The number of pyridine rings is 1. The van der Waals surface area contributed by atoms with E-state index in [0.717, 1.165) is 0 Å². The van der Waals surface area contributed by atoms with Gasteiger partial charge in [-0.25, -0.2) is 0 Å². The molecule has 0 bridgehead atoms. The molecule has 2 atom stereocenters. The summed E-state index contributed by atoms with van der Waals surface area (Å²) in [5, 5.41) is 20.1. The third-order valence-corrected chi connectivity index (χ3v) is 2.65. The molecule has 0 saturated carbocycles. The Hall–Kier alpha value is -1.01. The van der Waals surface area contributed by atoms with Crippen LogP contribution in [0.4, 0.5) is 5.69 Å². The highest BCUT2D eigenvalue weighted by molar-refractivity contribution is 9.10. The maximum absolute atomic E-state index is 10.8. The van der Waals surface area contributed by atoms with Crippen LogP contribution >= 0.6 is 15.9 Å². The van der Waals surface area contributed by atoms with Crippen molar-refractivity contribution in [3.8, 4) is 0 Å². The minimum atomic E-state index is -0.669. The van der Waals surface area contributed by atoms with Gasteiger partial charge in [-0.3, -0.25) is 15.1 Å². The maximum Gasteiger partial charge on any atom is 0.292 e. The molecule has 0 amide bonds. The van der Waals surface area contributed by atoms with Crippen LogP contribution in [0.2, 0.25) is 0 Å². The van der Waals surface area contributed by atoms with Crippen molar-refractivity contribution in [3.63, 3.8) is 0 Å². The van der Waals surface area contributed by atoms with E-state index in [1.54, 1.807) is 13.8 Å². The Balaban J connectivity index is 3.22. The van der Waals surface area contributed by atoms with Crippen molar-refractivity contribution < 1.29 is 10.0 Å². The van der Waals surface area contributed by atoms with Gasteiger partial charge in [-0.15, -0.1) is 0 Å². The highest BCUT2D eigenvalue weighted by Crippen LogP contribution is 2.28. The zero-order valence-corrected chi connectivity index (χ0v) is 9.93. The molecule has 0 saturated heterocycles. The third-order valence-electron chi connectivity index (χ3n) is 2.22. The van der Waals surface area contributed by atoms with Crippen LogP contribution in [0.15, 0.2) is 16.7 Å². The van der Waals surface area contributed by atoms with E-state index in [9.17, 15) is 15.2 Å². The number of rotatable bonds is 3. The molecule has 0 spiro atoms. The third kappa shape index (κ3) is 2.73. The summed E-state index contributed by atoms with van der Waals surface area (Å²) in [7, 11) is 0. The highest BCUT2D eigenvalue weighted by Gasteiger charge is 2.23. The SMILES string of the molecule is CC(O)C(C)c1ncc(Br)cc1[N+](=O)[O-]. The lowest BCUT2D eigenvalue weighted by molar-refractivity contribution is -0.386. The van der Waals surface area contributed by atoms with Gasteiger partial charge in [0.2, 0.25) is 0 Å². The van der Waals surface area contributed by atoms with E-state index < -0.39 is 11.0 Å². The maximum atomic E-state index is 10.8. The van der Waals surface area contributed by atoms with Gasteiger partial charge in [0.05, 0.1) is 11.0 Å². The normalized spacial score (nSPS) is 14.7. The first-order chi connectivity index (χ1) is 6.93. The Labute approximate surface area is 95.4 Å². The Morgan fingerprint density at radius 2 is 2.20 bits per heavy atom. The van der Waals surface area contributed by atoms with E-state index in [1.165, 1.54) is 12.3 Å². The average Bonchev–Trinajstić information content (AvgIpc) is 2.16. The number of aliphatic hydroxyl groups excluding tert-OH is 1. The van der Waals surface area contributed by atoms with Crippen molar-refractivity contribution in [1.82, 2.24) is 4.98 Å². The monoisotopic (exact) mass is 274 g/mol. The first kappa shape index (κ1) is 12.1. The van der Waals surface area contributed by atoms with Crippen LogP contribution in [0.1, 0.15) is 25.5 Å². The van der Waals surface area contributed by atoms with Gasteiger partial charge in [0, 0.05) is 22.7 Å². The first-order valence-electron chi connectivity index (χ1n) is 4.41. The van der Waals surface area contributed by atoms with Crippen molar-refractivity contribution in [2.45, 2.75) is 25.9 Å². The lowest BCUT2D eigenvalue weighted by atomic mass is 10.0. The van der Waals surface area contributed by atoms with Crippen LogP contribution < -0.4 is 0 Å². The number of hydrogen-bond acceptors (Lipinski definition) is 4. The predicted molar refractivity (Wildman–Crippen MR) is 58.7 cm³/mol. The number of halogens is 1. The fourth-order valence-corrected chi connectivity index (χ4v) is 1.48. The topological polar surface area (TPSA) is 76.3 Å². The van der Waals surface area contributed by atoms with Gasteiger partial charge in [0.15, 0.2) is 0 Å². The fourth-order valence-electron chi connectivity index (χ4n) is 1.16. The summed E-state index contributed by atoms with van der Waals surface area (Å²) in [6.07, 6.45) is 0.818. The summed E-state index contributed by atoms with van der Waals surface area (Å²) in [6.45, 7) is 3.28. The molecule has 6 heteroatoms. The van der Waals surface area contributed by atoms with Crippen LogP contribution in [0.3, 0.4) is 0 Å². The lowest BCUT2D eigenvalue weighted by Gasteiger charge is -2.13. The van der Waals surface area contributed by atoms with Crippen LogP contribution in [0, 0.1) is 10.1 Å². The molecule has 0 aliphatic carbocycles. The van der Waals surface area contributed by atoms with Gasteiger partial charge in [-0.1, -0.05) is 6.92 Å². The molecule has 1 aromatic rings. The molecule has 1 N–H and O–H groups in total. The minimum absolute atomic E-state index is 0.0715. The quantitative estimate of drug-likeness (QED) is 0.678. The van der Waals surface area contributed by atoms with Gasteiger partial charge in [-0.2, -0.15) is 0 Å². The number of aromatic nitrogens is 1.